The number of sulfonamides is 1. The van der Waals surface area contributed by atoms with Crippen molar-refractivity contribution in [2.24, 2.45) is 0 Å². The molecule has 0 fully saturated rings. The third-order valence-electron chi connectivity index (χ3n) is 3.65. The lowest BCUT2D eigenvalue weighted by Crippen LogP contribution is -2.13. The first-order valence-electron chi connectivity index (χ1n) is 7.58. The maximum atomic E-state index is 12.8. The van der Waals surface area contributed by atoms with Crippen LogP contribution in [0.15, 0.2) is 92.0 Å². The van der Waals surface area contributed by atoms with Gasteiger partial charge in [0, 0.05) is 15.2 Å². The fraction of sp³-hybridized carbons (Fsp3) is 0. The molecular formula is C18H13BrClNO4S2. The minimum absolute atomic E-state index is 0.0749. The van der Waals surface area contributed by atoms with Gasteiger partial charge in [-0.05, 0) is 66.7 Å². The monoisotopic (exact) mass is 485 g/mol. The molecule has 0 saturated heterocycles. The van der Waals surface area contributed by atoms with Crippen molar-refractivity contribution < 1.29 is 16.8 Å². The molecule has 0 aromatic heterocycles. The van der Waals surface area contributed by atoms with Gasteiger partial charge in [-0.1, -0.05) is 33.6 Å². The molecule has 0 unspecified atom stereocenters. The Balaban J connectivity index is 1.97. The summed E-state index contributed by atoms with van der Waals surface area (Å²) in [7, 11) is -7.81. The molecule has 3 aromatic carbocycles. The van der Waals surface area contributed by atoms with Gasteiger partial charge in [-0.3, -0.25) is 4.72 Å². The van der Waals surface area contributed by atoms with E-state index in [1.165, 1.54) is 42.5 Å². The van der Waals surface area contributed by atoms with Crippen molar-refractivity contribution in [2.45, 2.75) is 14.7 Å². The lowest BCUT2D eigenvalue weighted by molar-refractivity contribution is 0.595. The summed E-state index contributed by atoms with van der Waals surface area (Å²) in [6, 6.07) is 17.5. The van der Waals surface area contributed by atoms with Crippen LogP contribution in [0.5, 0.6) is 0 Å². The zero-order valence-electron chi connectivity index (χ0n) is 13.6. The van der Waals surface area contributed by atoms with E-state index in [1.807, 2.05) is 0 Å². The minimum Gasteiger partial charge on any atom is -0.280 e. The van der Waals surface area contributed by atoms with Gasteiger partial charge >= 0.3 is 0 Å². The molecule has 3 aromatic rings. The second kappa shape index (κ2) is 7.63. The van der Waals surface area contributed by atoms with Crippen LogP contribution >= 0.6 is 27.5 Å². The van der Waals surface area contributed by atoms with Gasteiger partial charge in [0.2, 0.25) is 9.84 Å². The summed E-state index contributed by atoms with van der Waals surface area (Å²) in [6.07, 6.45) is 0. The highest BCUT2D eigenvalue weighted by Crippen LogP contribution is 2.25. The molecule has 1 N–H and O–H groups in total. The van der Waals surface area contributed by atoms with E-state index in [0.29, 0.717) is 10.7 Å². The van der Waals surface area contributed by atoms with E-state index in [-0.39, 0.29) is 14.7 Å². The van der Waals surface area contributed by atoms with E-state index in [9.17, 15) is 16.8 Å². The molecule has 0 saturated carbocycles. The van der Waals surface area contributed by atoms with Crippen LogP contribution in [0.25, 0.3) is 0 Å². The van der Waals surface area contributed by atoms with E-state index in [0.717, 1.165) is 10.5 Å². The van der Waals surface area contributed by atoms with Crippen molar-refractivity contribution in [2.75, 3.05) is 4.72 Å². The van der Waals surface area contributed by atoms with Gasteiger partial charge in [0.15, 0.2) is 0 Å². The number of hydrogen-bond acceptors (Lipinski definition) is 4. The van der Waals surface area contributed by atoms with Crippen LogP contribution in [0.1, 0.15) is 0 Å². The fourth-order valence-electron chi connectivity index (χ4n) is 2.29. The smallest absolute Gasteiger partial charge is 0.261 e. The molecule has 0 spiro atoms. The molecular weight excluding hydrogens is 474 g/mol. The van der Waals surface area contributed by atoms with Gasteiger partial charge in [0.25, 0.3) is 10.0 Å². The molecule has 0 radical (unpaired) electrons. The predicted molar refractivity (Wildman–Crippen MR) is 108 cm³/mol. The Bertz CT molecular complexity index is 1180. The van der Waals surface area contributed by atoms with E-state index in [4.69, 9.17) is 11.6 Å². The Labute approximate surface area is 171 Å². The van der Waals surface area contributed by atoms with Crippen LogP contribution in [0, 0.1) is 0 Å². The number of rotatable bonds is 5. The van der Waals surface area contributed by atoms with Crippen LogP contribution in [-0.2, 0) is 19.9 Å². The summed E-state index contributed by atoms with van der Waals surface area (Å²) in [5, 5.41) is 0.473. The van der Waals surface area contributed by atoms with E-state index in [1.54, 1.807) is 24.3 Å². The van der Waals surface area contributed by atoms with E-state index >= 15 is 0 Å². The normalized spacial score (nSPS) is 11.9. The Kier molecular flexibility index (Phi) is 5.62. The highest BCUT2D eigenvalue weighted by molar-refractivity contribution is 9.10. The predicted octanol–water partition coefficient (Wildman–Crippen LogP) is 4.74. The maximum absolute atomic E-state index is 12.8. The van der Waals surface area contributed by atoms with E-state index < -0.39 is 19.9 Å². The van der Waals surface area contributed by atoms with Gasteiger partial charge in [-0.15, -0.1) is 0 Å². The van der Waals surface area contributed by atoms with Crippen LogP contribution < -0.4 is 4.72 Å². The maximum Gasteiger partial charge on any atom is 0.261 e. The van der Waals surface area contributed by atoms with Gasteiger partial charge in [0.05, 0.1) is 14.7 Å². The summed E-state index contributed by atoms with van der Waals surface area (Å²) >= 11 is 9.04. The first-order valence-corrected chi connectivity index (χ1v) is 11.7. The Morgan fingerprint density at radius 3 is 1.96 bits per heavy atom. The summed E-state index contributed by atoms with van der Waals surface area (Å²) in [6.45, 7) is 0. The molecule has 9 heteroatoms. The average Bonchev–Trinajstić information content (AvgIpc) is 2.64. The molecule has 0 aliphatic carbocycles. The number of halogens is 2. The summed E-state index contributed by atoms with van der Waals surface area (Å²) in [5.41, 5.74) is 0.320. The third-order valence-corrected chi connectivity index (χ3v) is 7.57. The highest BCUT2D eigenvalue weighted by Gasteiger charge is 2.21. The number of anilines is 1. The topological polar surface area (TPSA) is 80.3 Å². The molecule has 0 amide bonds. The van der Waals surface area contributed by atoms with E-state index in [2.05, 4.69) is 20.7 Å². The minimum atomic E-state index is -3.96. The van der Waals surface area contributed by atoms with Crippen molar-refractivity contribution >= 4 is 53.1 Å². The quantitative estimate of drug-likeness (QED) is 0.565. The summed E-state index contributed by atoms with van der Waals surface area (Å²) in [4.78, 5) is -0.189. The molecule has 0 atom stereocenters. The Hall–Kier alpha value is -1.87. The number of nitrogens with one attached hydrogen (secondary N) is 1. The molecule has 27 heavy (non-hydrogen) atoms. The molecule has 3 rings (SSSR count). The number of sulfone groups is 1. The van der Waals surface area contributed by atoms with Crippen molar-refractivity contribution in [3.05, 3.63) is 82.3 Å². The fourth-order valence-corrected chi connectivity index (χ4v) is 5.17. The standard InChI is InChI=1S/C18H13BrClNO4S2/c19-13-4-10-16(11-5-13)26(22,23)17-2-1-3-18(12-17)27(24,25)21-15-8-6-14(20)7-9-15/h1-12,21H. The summed E-state index contributed by atoms with van der Waals surface area (Å²) < 4.78 is 53.9. The second-order valence-corrected chi connectivity index (χ2v) is 10.5. The molecule has 0 aliphatic heterocycles. The molecule has 5 nitrogen and oxygen atoms in total. The molecule has 140 valence electrons. The Morgan fingerprint density at radius 1 is 0.741 bits per heavy atom. The van der Waals surface area contributed by atoms with Crippen molar-refractivity contribution in [1.82, 2.24) is 0 Å². The Morgan fingerprint density at radius 2 is 1.33 bits per heavy atom. The van der Waals surface area contributed by atoms with Gasteiger partial charge in [-0.2, -0.15) is 0 Å². The lowest BCUT2D eigenvalue weighted by Gasteiger charge is -2.10. The average molecular weight is 487 g/mol. The van der Waals surface area contributed by atoms with Crippen molar-refractivity contribution in [1.29, 1.82) is 0 Å². The van der Waals surface area contributed by atoms with Crippen LogP contribution in [0.3, 0.4) is 0 Å². The largest absolute Gasteiger partial charge is 0.280 e. The van der Waals surface area contributed by atoms with Crippen LogP contribution in [0.2, 0.25) is 5.02 Å². The molecule has 0 heterocycles. The highest BCUT2D eigenvalue weighted by atomic mass is 79.9. The number of benzene rings is 3. The lowest BCUT2D eigenvalue weighted by atomic mass is 10.3. The van der Waals surface area contributed by atoms with Crippen molar-refractivity contribution in [3.8, 4) is 0 Å². The van der Waals surface area contributed by atoms with Crippen LogP contribution in [0.4, 0.5) is 5.69 Å². The van der Waals surface area contributed by atoms with Crippen LogP contribution in [-0.4, -0.2) is 16.8 Å². The van der Waals surface area contributed by atoms with Gasteiger partial charge in [-0.25, -0.2) is 16.8 Å². The van der Waals surface area contributed by atoms with Gasteiger partial charge in [0.1, 0.15) is 0 Å². The summed E-state index contributed by atoms with van der Waals surface area (Å²) in [5.74, 6) is 0. The second-order valence-electron chi connectivity index (χ2n) is 5.54. The van der Waals surface area contributed by atoms with Crippen molar-refractivity contribution in [3.63, 3.8) is 0 Å². The SMILES string of the molecule is O=S(=O)(Nc1ccc(Cl)cc1)c1cccc(S(=O)(=O)c2ccc(Br)cc2)c1. The van der Waals surface area contributed by atoms with Gasteiger partial charge < -0.3 is 0 Å². The first kappa shape index (κ1) is 19.9. The first-order chi connectivity index (χ1) is 12.7. The zero-order valence-corrected chi connectivity index (χ0v) is 17.6. The number of hydrogen-bond donors (Lipinski definition) is 1. The third kappa shape index (κ3) is 4.52. The zero-order chi connectivity index (χ0) is 19.7. The molecule has 0 bridgehead atoms. The molecule has 0 aliphatic rings.